The second kappa shape index (κ2) is 4.04. The van der Waals surface area contributed by atoms with Gasteiger partial charge in [-0.25, -0.2) is 0 Å². The molecule has 0 saturated carbocycles. The average Bonchev–Trinajstić information content (AvgIpc) is 1.88. The summed E-state index contributed by atoms with van der Waals surface area (Å²) in [5.41, 5.74) is 1.31. The van der Waals surface area contributed by atoms with Gasteiger partial charge in [0, 0.05) is 12.8 Å². The molecule has 0 atom stereocenters. The van der Waals surface area contributed by atoms with Crippen LogP contribution in [0.1, 0.15) is 12.8 Å². The third-order valence-electron chi connectivity index (χ3n) is 1.34. The minimum atomic E-state index is 0.901. The first-order valence-corrected chi connectivity index (χ1v) is 4.42. The molecule has 1 aliphatic carbocycles. The summed E-state index contributed by atoms with van der Waals surface area (Å²) in [6.45, 7) is 0. The van der Waals surface area contributed by atoms with E-state index in [1.54, 1.807) is 5.37 Å². The first-order chi connectivity index (χ1) is 4.83. The second-order valence-corrected chi connectivity index (χ2v) is 3.37. The lowest BCUT2D eigenvalue weighted by molar-refractivity contribution is 1.19. The fourth-order valence-electron chi connectivity index (χ4n) is 0.856. The Morgan fingerprint density at radius 1 is 1.70 bits per heavy atom. The molecule has 1 radical (unpaired) electrons. The Kier molecular flexibility index (Phi) is 3.29. The van der Waals surface area contributed by atoms with Gasteiger partial charge in [0.1, 0.15) is 0 Å². The van der Waals surface area contributed by atoms with E-state index in [0.29, 0.717) is 0 Å². The van der Waals surface area contributed by atoms with Gasteiger partial charge in [-0.15, -0.1) is 0 Å². The van der Waals surface area contributed by atoms with Gasteiger partial charge in [0.25, 0.3) is 0 Å². The number of hydrogen-bond donors (Lipinski definition) is 0. The Morgan fingerprint density at radius 3 is 3.10 bits per heavy atom. The van der Waals surface area contributed by atoms with Crippen LogP contribution in [-0.2, 0) is 0 Å². The Hall–Kier alpha value is 0.0500. The summed E-state index contributed by atoms with van der Waals surface area (Å²) in [6.07, 6.45) is 8.35. The van der Waals surface area contributed by atoms with Crippen LogP contribution in [-0.4, -0.2) is 5.37 Å². The number of rotatable bonds is 2. The maximum atomic E-state index is 4.75. The van der Waals surface area contributed by atoms with E-state index in [9.17, 15) is 0 Å². The van der Waals surface area contributed by atoms with E-state index in [4.69, 9.17) is 12.2 Å². The summed E-state index contributed by atoms with van der Waals surface area (Å²) in [5.74, 6) is 0. The van der Waals surface area contributed by atoms with Crippen molar-refractivity contribution in [3.05, 3.63) is 28.6 Å². The standard InChI is InChI=1S/C8H8BrS/c9-8-3-1-2-7(6-8)4-5-10/h2-3,5-6H,1,4H2. The maximum absolute atomic E-state index is 4.75. The molecule has 1 rings (SSSR count). The largest absolute Gasteiger partial charge is 0.0931 e. The summed E-state index contributed by atoms with van der Waals surface area (Å²) >= 11 is 8.17. The predicted molar refractivity (Wildman–Crippen MR) is 52.3 cm³/mol. The monoisotopic (exact) mass is 215 g/mol. The molecule has 10 heavy (non-hydrogen) atoms. The molecule has 0 spiro atoms. The van der Waals surface area contributed by atoms with Crippen LogP contribution < -0.4 is 0 Å². The Morgan fingerprint density at radius 2 is 2.50 bits per heavy atom. The molecule has 0 aromatic heterocycles. The van der Waals surface area contributed by atoms with Crippen molar-refractivity contribution in [1.82, 2.24) is 0 Å². The summed E-state index contributed by atoms with van der Waals surface area (Å²) in [4.78, 5) is 0. The Labute approximate surface area is 75.1 Å². The minimum absolute atomic E-state index is 0.901. The van der Waals surface area contributed by atoms with Crippen molar-refractivity contribution in [2.24, 2.45) is 0 Å². The molecule has 0 nitrogen and oxygen atoms in total. The van der Waals surface area contributed by atoms with Crippen molar-refractivity contribution in [3.63, 3.8) is 0 Å². The van der Waals surface area contributed by atoms with Crippen molar-refractivity contribution < 1.29 is 0 Å². The van der Waals surface area contributed by atoms with Crippen molar-refractivity contribution in [2.45, 2.75) is 12.8 Å². The summed E-state index contributed by atoms with van der Waals surface area (Å²) < 4.78 is 1.17. The molecule has 0 unspecified atom stereocenters. The van der Waals surface area contributed by atoms with Crippen LogP contribution in [0.4, 0.5) is 0 Å². The summed E-state index contributed by atoms with van der Waals surface area (Å²) in [7, 11) is 0. The normalized spacial score (nSPS) is 17.7. The molecule has 0 aliphatic heterocycles. The molecule has 53 valence electrons. The fourth-order valence-corrected chi connectivity index (χ4v) is 1.53. The molecule has 0 aromatic rings. The SMILES string of the molecule is S=CCC1=CC[CH]C(Br)=C1. The fraction of sp³-hybridized carbons (Fsp3) is 0.250. The molecular formula is C8H8BrS. The van der Waals surface area contributed by atoms with Gasteiger partial charge in [-0.05, 0) is 27.9 Å². The highest BCUT2D eigenvalue weighted by atomic mass is 79.9. The van der Waals surface area contributed by atoms with E-state index in [2.05, 4.69) is 34.5 Å². The van der Waals surface area contributed by atoms with Crippen LogP contribution in [0.15, 0.2) is 22.2 Å². The van der Waals surface area contributed by atoms with E-state index in [1.807, 2.05) is 0 Å². The zero-order valence-electron chi connectivity index (χ0n) is 5.51. The number of hydrogen-bond acceptors (Lipinski definition) is 1. The van der Waals surface area contributed by atoms with Gasteiger partial charge in [-0.3, -0.25) is 0 Å². The zero-order valence-corrected chi connectivity index (χ0v) is 7.91. The lowest BCUT2D eigenvalue weighted by Crippen LogP contribution is -1.88. The smallest absolute Gasteiger partial charge is 0.00161 e. The molecule has 0 saturated heterocycles. The van der Waals surface area contributed by atoms with Gasteiger partial charge in [-0.1, -0.05) is 34.2 Å². The van der Waals surface area contributed by atoms with Crippen molar-refractivity contribution in [1.29, 1.82) is 0 Å². The van der Waals surface area contributed by atoms with Crippen LogP contribution in [0.3, 0.4) is 0 Å². The van der Waals surface area contributed by atoms with Gasteiger partial charge in [-0.2, -0.15) is 0 Å². The van der Waals surface area contributed by atoms with Crippen molar-refractivity contribution >= 4 is 33.5 Å². The number of thiocarbonyl (C=S) groups is 1. The van der Waals surface area contributed by atoms with Gasteiger partial charge in [0.15, 0.2) is 0 Å². The first kappa shape index (κ1) is 8.15. The number of allylic oxidation sites excluding steroid dienone is 4. The maximum Gasteiger partial charge on any atom is 0.00161 e. The van der Waals surface area contributed by atoms with Gasteiger partial charge in [0.05, 0.1) is 0 Å². The molecule has 2 heteroatoms. The molecule has 1 aliphatic rings. The zero-order chi connectivity index (χ0) is 7.40. The predicted octanol–water partition coefficient (Wildman–Crippen LogP) is 3.19. The molecule has 0 N–H and O–H groups in total. The molecule has 0 amide bonds. The van der Waals surface area contributed by atoms with Crippen LogP contribution in [0, 0.1) is 6.42 Å². The molecule has 0 aromatic carbocycles. The molecule has 0 bridgehead atoms. The molecule has 0 fully saturated rings. The second-order valence-electron chi connectivity index (χ2n) is 2.12. The summed E-state index contributed by atoms with van der Waals surface area (Å²) in [6, 6.07) is 0. The van der Waals surface area contributed by atoms with Crippen molar-refractivity contribution in [3.8, 4) is 0 Å². The average molecular weight is 216 g/mol. The highest BCUT2D eigenvalue weighted by molar-refractivity contribution is 9.11. The van der Waals surface area contributed by atoms with Gasteiger partial charge in [0.2, 0.25) is 0 Å². The van der Waals surface area contributed by atoms with Gasteiger partial charge >= 0.3 is 0 Å². The van der Waals surface area contributed by atoms with E-state index in [1.165, 1.54) is 10.1 Å². The minimum Gasteiger partial charge on any atom is -0.0931 e. The van der Waals surface area contributed by atoms with E-state index >= 15 is 0 Å². The van der Waals surface area contributed by atoms with Crippen LogP contribution in [0.25, 0.3) is 0 Å². The van der Waals surface area contributed by atoms with Crippen LogP contribution in [0.2, 0.25) is 0 Å². The quantitative estimate of drug-likeness (QED) is 0.639. The van der Waals surface area contributed by atoms with Crippen LogP contribution >= 0.6 is 28.1 Å². The lowest BCUT2D eigenvalue weighted by atomic mass is 10.1. The molecule has 0 heterocycles. The van der Waals surface area contributed by atoms with Crippen molar-refractivity contribution in [2.75, 3.05) is 0 Å². The highest BCUT2D eigenvalue weighted by Crippen LogP contribution is 2.21. The van der Waals surface area contributed by atoms with Gasteiger partial charge < -0.3 is 0 Å². The van der Waals surface area contributed by atoms with E-state index in [-0.39, 0.29) is 0 Å². The first-order valence-electron chi connectivity index (χ1n) is 3.16. The van der Waals surface area contributed by atoms with E-state index < -0.39 is 0 Å². The molecular weight excluding hydrogens is 208 g/mol. The highest BCUT2D eigenvalue weighted by Gasteiger charge is 2.00. The van der Waals surface area contributed by atoms with Crippen LogP contribution in [0.5, 0.6) is 0 Å². The Bertz CT molecular complexity index is 191. The third kappa shape index (κ3) is 2.35. The lowest BCUT2D eigenvalue weighted by Gasteiger charge is -2.05. The Balaban J connectivity index is 2.59. The topological polar surface area (TPSA) is 0 Å². The number of halogens is 1. The third-order valence-corrected chi connectivity index (χ3v) is 2.05. The van der Waals surface area contributed by atoms with E-state index in [0.717, 1.165) is 12.8 Å². The summed E-state index contributed by atoms with van der Waals surface area (Å²) in [5, 5.41) is 1.76.